The minimum atomic E-state index is -0.677. The van der Waals surface area contributed by atoms with Crippen LogP contribution in [0, 0.1) is 0 Å². The van der Waals surface area contributed by atoms with Crippen molar-refractivity contribution in [2.75, 3.05) is 18.2 Å². The number of para-hydroxylation sites is 1. The molecule has 2 rings (SSSR count). The van der Waals surface area contributed by atoms with Crippen molar-refractivity contribution in [3.8, 4) is 11.5 Å². The molecule has 0 spiro atoms. The molecule has 2 aromatic carbocycles. The minimum Gasteiger partial charge on any atom is -0.486 e. The number of hydrogen-bond acceptors (Lipinski definition) is 4. The molecule has 23 heavy (non-hydrogen) atoms. The third kappa shape index (κ3) is 4.62. The Kier molecular flexibility index (Phi) is 5.82. The molecule has 0 aliphatic carbocycles. The van der Waals surface area contributed by atoms with Crippen LogP contribution < -0.4 is 20.1 Å². The molecule has 0 atom stereocenters. The molecule has 0 saturated heterocycles. The Balaban J connectivity index is 2.03. The lowest BCUT2D eigenvalue weighted by Gasteiger charge is -2.21. The van der Waals surface area contributed by atoms with E-state index >= 15 is 0 Å². The van der Waals surface area contributed by atoms with Crippen molar-refractivity contribution >= 4 is 29.6 Å². The lowest BCUT2D eigenvalue weighted by Crippen LogP contribution is -2.38. The first-order valence-corrected chi connectivity index (χ1v) is 7.10. The topological polar surface area (TPSA) is 81.9 Å². The molecule has 0 aliphatic rings. The summed E-state index contributed by atoms with van der Waals surface area (Å²) in [6.45, 7) is -0.101. The Morgan fingerprint density at radius 1 is 1.09 bits per heavy atom. The van der Waals surface area contributed by atoms with Gasteiger partial charge in [-0.05, 0) is 36.4 Å². The van der Waals surface area contributed by atoms with Crippen LogP contribution in [-0.2, 0) is 4.79 Å². The van der Waals surface area contributed by atoms with E-state index in [-0.39, 0.29) is 13.3 Å². The molecule has 6 nitrogen and oxygen atoms in total. The molecule has 0 heterocycles. The monoisotopic (exact) mass is 334 g/mol. The highest BCUT2D eigenvalue weighted by molar-refractivity contribution is 6.33. The summed E-state index contributed by atoms with van der Waals surface area (Å²) >= 11 is 6.06. The third-order valence-electron chi connectivity index (χ3n) is 2.91. The second-order valence-electron chi connectivity index (χ2n) is 4.44. The number of nitrogens with two attached hydrogens (primary N) is 1. The van der Waals surface area contributed by atoms with Crippen molar-refractivity contribution < 1.29 is 19.1 Å². The fraction of sp³-hybridized carbons (Fsp3) is 0.125. The number of carbonyl (C=O) groups is 2. The van der Waals surface area contributed by atoms with Crippen molar-refractivity contribution in [1.82, 2.24) is 0 Å². The van der Waals surface area contributed by atoms with E-state index in [1.165, 1.54) is 4.90 Å². The molecule has 0 fully saturated rings. The van der Waals surface area contributed by atoms with Gasteiger partial charge in [0.2, 0.25) is 0 Å². The summed E-state index contributed by atoms with van der Waals surface area (Å²) in [6, 6.07) is 12.8. The number of hydrogen-bond donors (Lipinski definition) is 1. The van der Waals surface area contributed by atoms with Crippen LogP contribution in [0.2, 0.25) is 5.02 Å². The molecule has 0 radical (unpaired) electrons. The summed E-state index contributed by atoms with van der Waals surface area (Å²) in [7, 11) is 0. The molecule has 0 bridgehead atoms. The van der Waals surface area contributed by atoms with Crippen LogP contribution in [0.5, 0.6) is 11.5 Å². The number of urea groups is 1. The zero-order chi connectivity index (χ0) is 16.7. The van der Waals surface area contributed by atoms with Crippen LogP contribution in [0.4, 0.5) is 10.5 Å². The van der Waals surface area contributed by atoms with Gasteiger partial charge < -0.3 is 15.2 Å². The van der Waals surface area contributed by atoms with Crippen LogP contribution in [0.1, 0.15) is 0 Å². The van der Waals surface area contributed by atoms with Gasteiger partial charge in [-0.15, -0.1) is 0 Å². The highest BCUT2D eigenvalue weighted by Crippen LogP contribution is 2.25. The van der Waals surface area contributed by atoms with Gasteiger partial charge in [0.25, 0.3) is 0 Å². The summed E-state index contributed by atoms with van der Waals surface area (Å²) in [6.07, 6.45) is 0.665. The maximum absolute atomic E-state index is 11.6. The highest BCUT2D eigenvalue weighted by Gasteiger charge is 2.15. The van der Waals surface area contributed by atoms with E-state index in [9.17, 15) is 9.59 Å². The molecule has 0 aliphatic heterocycles. The van der Waals surface area contributed by atoms with E-state index in [1.54, 1.807) is 48.5 Å². The van der Waals surface area contributed by atoms with Gasteiger partial charge in [0.15, 0.2) is 13.0 Å². The number of primary amides is 1. The molecule has 120 valence electrons. The maximum Gasteiger partial charge on any atom is 0.322 e. The van der Waals surface area contributed by atoms with Crippen molar-refractivity contribution in [2.45, 2.75) is 0 Å². The first-order chi connectivity index (χ1) is 11.1. The number of anilines is 1. The van der Waals surface area contributed by atoms with Crippen LogP contribution in [0.25, 0.3) is 0 Å². The van der Waals surface area contributed by atoms with Crippen LogP contribution in [0.15, 0.2) is 48.5 Å². The predicted molar refractivity (Wildman–Crippen MR) is 87.0 cm³/mol. The van der Waals surface area contributed by atoms with Crippen LogP contribution in [0.3, 0.4) is 0 Å². The first-order valence-electron chi connectivity index (χ1n) is 6.72. The molecule has 7 heteroatoms. The number of ether oxygens (including phenoxy) is 2. The van der Waals surface area contributed by atoms with Crippen molar-refractivity contribution in [3.63, 3.8) is 0 Å². The average Bonchev–Trinajstić information content (AvgIpc) is 2.55. The molecule has 0 saturated carbocycles. The maximum atomic E-state index is 11.6. The van der Waals surface area contributed by atoms with Crippen molar-refractivity contribution in [2.24, 2.45) is 5.73 Å². The zero-order valence-electron chi connectivity index (χ0n) is 12.1. The normalized spacial score (nSPS) is 9.96. The van der Waals surface area contributed by atoms with Gasteiger partial charge in [0.1, 0.15) is 18.1 Å². The Hall–Kier alpha value is -2.73. The largest absolute Gasteiger partial charge is 0.486 e. The molecule has 0 unspecified atom stereocenters. The van der Waals surface area contributed by atoms with E-state index in [0.717, 1.165) is 0 Å². The second-order valence-corrected chi connectivity index (χ2v) is 4.85. The van der Waals surface area contributed by atoms with Gasteiger partial charge in [-0.2, -0.15) is 0 Å². The molecular formula is C16H15ClN2O4. The quantitative estimate of drug-likeness (QED) is 0.623. The first kappa shape index (κ1) is 16.6. The van der Waals surface area contributed by atoms with Gasteiger partial charge in [-0.3, -0.25) is 9.69 Å². The fourth-order valence-corrected chi connectivity index (χ4v) is 2.06. The molecule has 2 aromatic rings. The van der Waals surface area contributed by atoms with E-state index in [1.807, 2.05) is 0 Å². The number of carbonyl (C=O) groups excluding carboxylic acids is 2. The zero-order valence-corrected chi connectivity index (χ0v) is 12.9. The summed E-state index contributed by atoms with van der Waals surface area (Å²) in [5, 5.41) is 0.396. The Bertz CT molecular complexity index is 676. The van der Waals surface area contributed by atoms with E-state index in [0.29, 0.717) is 28.5 Å². The standard InChI is InChI=1S/C16H15ClN2O4/c17-14-3-1-2-4-15(14)19(16(18)21)11-23-13-7-5-12(6-8-13)22-10-9-20/h1-9H,10-11H2,(H2,18,21). The SMILES string of the molecule is NC(=O)N(COc1ccc(OCC=O)cc1)c1ccccc1Cl. The van der Waals surface area contributed by atoms with Crippen molar-refractivity contribution in [1.29, 1.82) is 0 Å². The summed E-state index contributed by atoms with van der Waals surface area (Å²) in [4.78, 5) is 23.1. The molecule has 2 amide bonds. The average molecular weight is 335 g/mol. The van der Waals surface area contributed by atoms with Gasteiger partial charge in [0, 0.05) is 0 Å². The Morgan fingerprint density at radius 3 is 2.26 bits per heavy atom. The molecule has 0 aromatic heterocycles. The van der Waals surface area contributed by atoms with Gasteiger partial charge >= 0.3 is 6.03 Å². The third-order valence-corrected chi connectivity index (χ3v) is 3.23. The minimum absolute atomic E-state index is 0.0117. The number of rotatable bonds is 7. The lowest BCUT2D eigenvalue weighted by molar-refractivity contribution is -0.109. The summed E-state index contributed by atoms with van der Waals surface area (Å²) in [5.41, 5.74) is 5.84. The van der Waals surface area contributed by atoms with Crippen LogP contribution >= 0.6 is 11.6 Å². The van der Waals surface area contributed by atoms with Crippen LogP contribution in [-0.4, -0.2) is 25.7 Å². The molecule has 2 N–H and O–H groups in total. The second kappa shape index (κ2) is 8.05. The number of benzene rings is 2. The van der Waals surface area contributed by atoms with E-state index < -0.39 is 6.03 Å². The van der Waals surface area contributed by atoms with E-state index in [2.05, 4.69) is 0 Å². The molecular weight excluding hydrogens is 320 g/mol. The number of nitrogens with zero attached hydrogens (tertiary/aromatic N) is 1. The van der Waals surface area contributed by atoms with Gasteiger partial charge in [0.05, 0.1) is 10.7 Å². The predicted octanol–water partition coefficient (Wildman–Crippen LogP) is 2.84. The van der Waals surface area contributed by atoms with E-state index in [4.69, 9.17) is 26.8 Å². The number of aldehydes is 1. The smallest absolute Gasteiger partial charge is 0.322 e. The lowest BCUT2D eigenvalue weighted by atomic mass is 10.3. The number of amides is 2. The van der Waals surface area contributed by atoms with Gasteiger partial charge in [-0.1, -0.05) is 23.7 Å². The Morgan fingerprint density at radius 2 is 1.70 bits per heavy atom. The Labute approximate surface area is 138 Å². The highest BCUT2D eigenvalue weighted by atomic mass is 35.5. The summed E-state index contributed by atoms with van der Waals surface area (Å²) < 4.78 is 10.7. The van der Waals surface area contributed by atoms with Crippen molar-refractivity contribution in [3.05, 3.63) is 53.6 Å². The van der Waals surface area contributed by atoms with Gasteiger partial charge in [-0.25, -0.2) is 4.79 Å². The number of halogens is 1. The summed E-state index contributed by atoms with van der Waals surface area (Å²) in [5.74, 6) is 1.06. The fourth-order valence-electron chi connectivity index (χ4n) is 1.82.